The molecule has 0 aromatic carbocycles. The van der Waals surface area contributed by atoms with E-state index in [4.69, 9.17) is 11.5 Å². The second-order valence-electron chi connectivity index (χ2n) is 3.74. The lowest BCUT2D eigenvalue weighted by molar-refractivity contribution is 0.0996. The van der Waals surface area contributed by atoms with Gasteiger partial charge in [-0.05, 0) is 12.1 Å². The third kappa shape index (κ3) is 1.61. The van der Waals surface area contributed by atoms with Gasteiger partial charge in [0.2, 0.25) is 0 Å². The lowest BCUT2D eigenvalue weighted by Crippen LogP contribution is -2.10. The Labute approximate surface area is 106 Å². The summed E-state index contributed by atoms with van der Waals surface area (Å²) in [5.41, 5.74) is 12.7. The first-order valence-electron chi connectivity index (χ1n) is 5.14. The van der Waals surface area contributed by atoms with Crippen LogP contribution in [0, 0.1) is 0 Å². The van der Waals surface area contributed by atoms with E-state index < -0.39 is 5.91 Å². The molecule has 7 heteroatoms. The first-order chi connectivity index (χ1) is 8.65. The summed E-state index contributed by atoms with van der Waals surface area (Å²) in [6, 6.07) is 3.63. The molecule has 0 bridgehead atoms. The molecule has 6 nitrogen and oxygen atoms in total. The van der Waals surface area contributed by atoms with Gasteiger partial charge in [-0.25, -0.2) is 9.97 Å². The molecule has 3 aromatic heterocycles. The molecule has 0 saturated carbocycles. The molecule has 0 unspecified atom stereocenters. The Kier molecular flexibility index (Phi) is 2.27. The first-order valence-corrected chi connectivity index (χ1v) is 6.02. The highest BCUT2D eigenvalue weighted by Crippen LogP contribution is 2.31. The normalized spacial score (nSPS) is 10.9. The molecule has 3 rings (SSSR count). The molecule has 3 aromatic rings. The molecule has 0 saturated heterocycles. The van der Waals surface area contributed by atoms with Crippen LogP contribution in [0.15, 0.2) is 23.7 Å². The minimum atomic E-state index is -0.537. The van der Waals surface area contributed by atoms with Gasteiger partial charge >= 0.3 is 0 Å². The van der Waals surface area contributed by atoms with Crippen molar-refractivity contribution in [3.63, 3.8) is 0 Å². The van der Waals surface area contributed by atoms with Crippen LogP contribution < -0.4 is 11.5 Å². The lowest BCUT2D eigenvalue weighted by Gasteiger charge is -2.00. The van der Waals surface area contributed by atoms with Crippen LogP contribution in [0.5, 0.6) is 0 Å². The predicted molar refractivity (Wildman–Crippen MR) is 70.1 cm³/mol. The number of aromatic amines is 1. The fourth-order valence-electron chi connectivity index (χ4n) is 1.75. The summed E-state index contributed by atoms with van der Waals surface area (Å²) in [6.45, 7) is 0. The van der Waals surface area contributed by atoms with E-state index in [1.165, 1.54) is 11.3 Å². The Morgan fingerprint density at radius 1 is 1.39 bits per heavy atom. The molecule has 0 spiro atoms. The highest BCUT2D eigenvalue weighted by Gasteiger charge is 2.13. The molecule has 18 heavy (non-hydrogen) atoms. The molecule has 0 radical (unpaired) electrons. The van der Waals surface area contributed by atoms with E-state index in [-0.39, 0.29) is 5.69 Å². The van der Waals surface area contributed by atoms with Crippen LogP contribution >= 0.6 is 11.3 Å². The van der Waals surface area contributed by atoms with Crippen molar-refractivity contribution < 1.29 is 4.79 Å². The summed E-state index contributed by atoms with van der Waals surface area (Å²) in [5, 5.41) is 3.24. The number of carbonyl (C=O) groups excluding carboxylic acids is 1. The summed E-state index contributed by atoms with van der Waals surface area (Å²) in [5.74, 6) is -0.138. The van der Waals surface area contributed by atoms with Crippen molar-refractivity contribution in [3.8, 4) is 10.6 Å². The van der Waals surface area contributed by atoms with E-state index in [0.717, 1.165) is 10.9 Å². The molecule has 0 fully saturated rings. The smallest absolute Gasteiger partial charge is 0.268 e. The van der Waals surface area contributed by atoms with Crippen LogP contribution in [0.25, 0.3) is 21.6 Å². The number of carbonyl (C=O) groups is 1. The van der Waals surface area contributed by atoms with Crippen molar-refractivity contribution in [1.82, 2.24) is 15.0 Å². The van der Waals surface area contributed by atoms with Crippen LogP contribution in [-0.2, 0) is 0 Å². The largest absolute Gasteiger partial charge is 0.384 e. The number of anilines is 1. The van der Waals surface area contributed by atoms with E-state index in [2.05, 4.69) is 15.0 Å². The monoisotopic (exact) mass is 259 g/mol. The van der Waals surface area contributed by atoms with Gasteiger partial charge in [-0.2, -0.15) is 0 Å². The van der Waals surface area contributed by atoms with Crippen molar-refractivity contribution in [1.29, 1.82) is 0 Å². The van der Waals surface area contributed by atoms with Crippen molar-refractivity contribution in [2.24, 2.45) is 5.73 Å². The van der Waals surface area contributed by atoms with Crippen molar-refractivity contribution in [2.75, 3.05) is 5.73 Å². The van der Waals surface area contributed by atoms with E-state index in [0.29, 0.717) is 16.5 Å². The summed E-state index contributed by atoms with van der Waals surface area (Å²) >= 11 is 1.35. The zero-order valence-corrected chi connectivity index (χ0v) is 9.99. The zero-order chi connectivity index (χ0) is 12.7. The number of primary amides is 1. The summed E-state index contributed by atoms with van der Waals surface area (Å²) < 4.78 is 0. The van der Waals surface area contributed by atoms with Gasteiger partial charge < -0.3 is 16.5 Å². The minimum Gasteiger partial charge on any atom is -0.384 e. The van der Waals surface area contributed by atoms with Crippen molar-refractivity contribution >= 4 is 34.1 Å². The number of thiazole rings is 1. The number of amides is 1. The second kappa shape index (κ2) is 3.81. The number of hydrogen-bond donors (Lipinski definition) is 3. The lowest BCUT2D eigenvalue weighted by atomic mass is 10.2. The number of hydrogen-bond acceptors (Lipinski definition) is 5. The maximum Gasteiger partial charge on any atom is 0.268 e. The average molecular weight is 259 g/mol. The number of nitrogens with zero attached hydrogens (tertiary/aromatic N) is 2. The van der Waals surface area contributed by atoms with Gasteiger partial charge in [0, 0.05) is 22.5 Å². The van der Waals surface area contributed by atoms with Crippen LogP contribution in [0.4, 0.5) is 5.82 Å². The highest BCUT2D eigenvalue weighted by molar-refractivity contribution is 7.13. The third-order valence-electron chi connectivity index (χ3n) is 2.54. The first kappa shape index (κ1) is 10.7. The fourth-order valence-corrected chi connectivity index (χ4v) is 2.58. The van der Waals surface area contributed by atoms with Gasteiger partial charge in [-0.15, -0.1) is 11.3 Å². The molecule has 5 N–H and O–H groups in total. The molecular formula is C11H9N5OS. The van der Waals surface area contributed by atoms with E-state index in [1.54, 1.807) is 17.6 Å². The molecule has 0 aliphatic rings. The average Bonchev–Trinajstić information content (AvgIpc) is 2.95. The van der Waals surface area contributed by atoms with Gasteiger partial charge in [0.1, 0.15) is 22.2 Å². The molecular weight excluding hydrogens is 250 g/mol. The Balaban J connectivity index is 2.23. The van der Waals surface area contributed by atoms with Gasteiger partial charge in [-0.1, -0.05) is 0 Å². The number of nitrogens with one attached hydrogen (secondary N) is 1. The maximum absolute atomic E-state index is 11.0. The standard InChI is InChI=1S/C11H9N5OS/c12-8-3-6(5-1-2-14-10(5)16-8)11-15-7(4-18-11)9(13)17/h1-4H,(H2,13,17)(H3,12,14,16). The third-order valence-corrected chi connectivity index (χ3v) is 3.41. The van der Waals surface area contributed by atoms with Gasteiger partial charge in [0.05, 0.1) is 0 Å². The van der Waals surface area contributed by atoms with E-state index in [9.17, 15) is 4.79 Å². The number of fused-ring (bicyclic) bond motifs is 1. The summed E-state index contributed by atoms with van der Waals surface area (Å²) in [7, 11) is 0. The van der Waals surface area contributed by atoms with Gasteiger partial charge in [0.15, 0.2) is 0 Å². The minimum absolute atomic E-state index is 0.258. The molecule has 3 heterocycles. The van der Waals surface area contributed by atoms with Crippen LogP contribution in [0.2, 0.25) is 0 Å². The number of rotatable bonds is 2. The maximum atomic E-state index is 11.0. The second-order valence-corrected chi connectivity index (χ2v) is 4.59. The van der Waals surface area contributed by atoms with Crippen LogP contribution in [-0.4, -0.2) is 20.9 Å². The Morgan fingerprint density at radius 2 is 2.22 bits per heavy atom. The quantitative estimate of drug-likeness (QED) is 0.645. The molecule has 0 aliphatic heterocycles. The molecule has 0 atom stereocenters. The zero-order valence-electron chi connectivity index (χ0n) is 9.18. The number of aromatic nitrogens is 3. The number of H-pyrrole nitrogens is 1. The number of nitrogens with two attached hydrogens (primary N) is 2. The summed E-state index contributed by atoms with van der Waals surface area (Å²) in [6.07, 6.45) is 1.78. The SMILES string of the molecule is NC(=O)c1csc(-c2cc(N)nc3[nH]ccc23)n1. The van der Waals surface area contributed by atoms with Crippen molar-refractivity contribution in [2.45, 2.75) is 0 Å². The Hall–Kier alpha value is -2.41. The topological polar surface area (TPSA) is 111 Å². The number of nitrogen functional groups attached to an aromatic ring is 1. The molecule has 1 amide bonds. The van der Waals surface area contributed by atoms with E-state index in [1.807, 2.05) is 6.07 Å². The Morgan fingerprint density at radius 3 is 2.94 bits per heavy atom. The van der Waals surface area contributed by atoms with Crippen LogP contribution in [0.1, 0.15) is 10.5 Å². The van der Waals surface area contributed by atoms with E-state index >= 15 is 0 Å². The predicted octanol–water partition coefficient (Wildman–Crippen LogP) is 1.37. The summed E-state index contributed by atoms with van der Waals surface area (Å²) in [4.78, 5) is 22.4. The molecule has 0 aliphatic carbocycles. The fraction of sp³-hybridized carbons (Fsp3) is 0. The Bertz CT molecular complexity index is 745. The van der Waals surface area contributed by atoms with Gasteiger partial charge in [0.25, 0.3) is 5.91 Å². The van der Waals surface area contributed by atoms with Crippen molar-refractivity contribution in [3.05, 3.63) is 29.4 Å². The van der Waals surface area contributed by atoms with Crippen LogP contribution in [0.3, 0.4) is 0 Å². The highest BCUT2D eigenvalue weighted by atomic mass is 32.1. The number of pyridine rings is 1. The van der Waals surface area contributed by atoms with Gasteiger partial charge in [-0.3, -0.25) is 4.79 Å². The molecule has 90 valence electrons.